The Labute approximate surface area is 174 Å². The molecular formula is C22H27N5OS. The highest BCUT2D eigenvalue weighted by Crippen LogP contribution is 2.32. The van der Waals surface area contributed by atoms with Crippen LogP contribution in [0.3, 0.4) is 0 Å². The van der Waals surface area contributed by atoms with Crippen LogP contribution in [0.2, 0.25) is 0 Å². The van der Waals surface area contributed by atoms with E-state index in [9.17, 15) is 4.79 Å². The number of rotatable bonds is 5. The molecule has 2 aromatic heterocycles. The standard InChI is InChI=1S/C22H27N5OS/c28-22(24-18-5-2-9-23-12-18)26-20-14-29-21(25-20)17-6-7-19-16(11-17)8-10-27(19)13-15-3-1-4-15/h6-8,10-11,14-15,18,23H,1-5,9,12-13H2,(H2,24,26,28)/t18-/m0/s1. The molecule has 152 valence electrons. The highest BCUT2D eigenvalue weighted by atomic mass is 32.1. The fraction of sp³-hybridized carbons (Fsp3) is 0.455. The summed E-state index contributed by atoms with van der Waals surface area (Å²) in [6, 6.07) is 8.72. The predicted molar refractivity (Wildman–Crippen MR) is 118 cm³/mol. The van der Waals surface area contributed by atoms with Crippen molar-refractivity contribution in [2.75, 3.05) is 18.4 Å². The number of thiazole rings is 1. The predicted octanol–water partition coefficient (Wildman–Crippen LogP) is 4.44. The van der Waals surface area contributed by atoms with Gasteiger partial charge in [-0.1, -0.05) is 6.42 Å². The van der Waals surface area contributed by atoms with Crippen LogP contribution in [0.25, 0.3) is 21.5 Å². The number of amides is 2. The van der Waals surface area contributed by atoms with E-state index in [1.165, 1.54) is 30.2 Å². The lowest BCUT2D eigenvalue weighted by Gasteiger charge is -2.26. The molecule has 1 aliphatic heterocycles. The Morgan fingerprint density at radius 2 is 2.17 bits per heavy atom. The first-order chi connectivity index (χ1) is 14.2. The number of nitrogens with zero attached hydrogens (tertiary/aromatic N) is 2. The fourth-order valence-electron chi connectivity index (χ4n) is 4.22. The zero-order valence-corrected chi connectivity index (χ0v) is 17.3. The minimum atomic E-state index is -0.181. The Morgan fingerprint density at radius 1 is 1.24 bits per heavy atom. The van der Waals surface area contributed by atoms with Gasteiger partial charge in [0.1, 0.15) is 10.8 Å². The van der Waals surface area contributed by atoms with Crippen molar-refractivity contribution in [1.82, 2.24) is 20.2 Å². The first kappa shape index (κ1) is 18.6. The third-order valence-electron chi connectivity index (χ3n) is 6.08. The van der Waals surface area contributed by atoms with Crippen LogP contribution in [0.5, 0.6) is 0 Å². The lowest BCUT2D eigenvalue weighted by molar-refractivity contribution is 0.245. The van der Waals surface area contributed by atoms with Gasteiger partial charge in [-0.25, -0.2) is 9.78 Å². The van der Waals surface area contributed by atoms with Crippen molar-refractivity contribution in [3.8, 4) is 10.6 Å². The number of nitrogens with one attached hydrogen (secondary N) is 3. The average Bonchev–Trinajstić information content (AvgIpc) is 3.32. The van der Waals surface area contributed by atoms with Gasteiger partial charge in [0.15, 0.2) is 0 Å². The Bertz CT molecular complexity index is 1000. The van der Waals surface area contributed by atoms with Gasteiger partial charge in [-0.2, -0.15) is 0 Å². The van der Waals surface area contributed by atoms with E-state index in [0.29, 0.717) is 5.82 Å². The number of piperidine rings is 1. The van der Waals surface area contributed by atoms with Crippen LogP contribution in [-0.4, -0.2) is 34.7 Å². The topological polar surface area (TPSA) is 71.0 Å². The Morgan fingerprint density at radius 3 is 2.97 bits per heavy atom. The largest absolute Gasteiger partial charge is 0.347 e. The van der Waals surface area contributed by atoms with Crippen molar-refractivity contribution in [1.29, 1.82) is 0 Å². The Balaban J connectivity index is 1.25. The molecule has 1 aromatic carbocycles. The van der Waals surface area contributed by atoms with Crippen LogP contribution in [0.1, 0.15) is 32.1 Å². The maximum Gasteiger partial charge on any atom is 0.320 e. The highest BCUT2D eigenvalue weighted by molar-refractivity contribution is 7.13. The molecule has 0 bridgehead atoms. The van der Waals surface area contributed by atoms with E-state index >= 15 is 0 Å². The monoisotopic (exact) mass is 409 g/mol. The molecule has 3 N–H and O–H groups in total. The SMILES string of the molecule is O=C(Nc1csc(-c2ccc3c(ccn3CC3CCC3)c2)n1)N[C@H]1CCCNC1. The van der Waals surface area contributed by atoms with Gasteiger partial charge in [-0.15, -0.1) is 11.3 Å². The van der Waals surface area contributed by atoms with Crippen molar-refractivity contribution >= 4 is 34.1 Å². The van der Waals surface area contributed by atoms with Gasteiger partial charge < -0.3 is 15.2 Å². The van der Waals surface area contributed by atoms with Crippen LogP contribution < -0.4 is 16.0 Å². The van der Waals surface area contributed by atoms with Crippen molar-refractivity contribution < 1.29 is 4.79 Å². The molecule has 5 rings (SSSR count). The van der Waals surface area contributed by atoms with E-state index < -0.39 is 0 Å². The van der Waals surface area contributed by atoms with Gasteiger partial charge >= 0.3 is 6.03 Å². The van der Waals surface area contributed by atoms with Gasteiger partial charge in [-0.3, -0.25) is 5.32 Å². The lowest BCUT2D eigenvalue weighted by Crippen LogP contribution is -2.47. The Kier molecular flexibility index (Phi) is 5.24. The summed E-state index contributed by atoms with van der Waals surface area (Å²) in [6.07, 6.45) is 8.41. The van der Waals surface area contributed by atoms with E-state index in [0.717, 1.165) is 49.0 Å². The van der Waals surface area contributed by atoms with Gasteiger partial charge in [0, 0.05) is 47.2 Å². The van der Waals surface area contributed by atoms with E-state index in [1.54, 1.807) is 11.3 Å². The summed E-state index contributed by atoms with van der Waals surface area (Å²) in [7, 11) is 0. The number of urea groups is 1. The molecule has 6 nitrogen and oxygen atoms in total. The van der Waals surface area contributed by atoms with Gasteiger partial charge in [0.25, 0.3) is 0 Å². The molecule has 0 spiro atoms. The highest BCUT2D eigenvalue weighted by Gasteiger charge is 2.19. The van der Waals surface area contributed by atoms with Crippen LogP contribution in [-0.2, 0) is 6.54 Å². The number of aromatic nitrogens is 2. The molecular weight excluding hydrogens is 382 g/mol. The molecule has 0 radical (unpaired) electrons. The lowest BCUT2D eigenvalue weighted by atomic mass is 9.85. The van der Waals surface area contributed by atoms with Crippen LogP contribution in [0.4, 0.5) is 10.6 Å². The van der Waals surface area contributed by atoms with Gasteiger partial charge in [0.2, 0.25) is 0 Å². The molecule has 1 saturated heterocycles. The summed E-state index contributed by atoms with van der Waals surface area (Å²) in [5.41, 5.74) is 2.38. The molecule has 29 heavy (non-hydrogen) atoms. The summed E-state index contributed by atoms with van der Waals surface area (Å²) in [5.74, 6) is 1.45. The number of hydrogen-bond acceptors (Lipinski definition) is 4. The molecule has 7 heteroatoms. The smallest absolute Gasteiger partial charge is 0.320 e. The van der Waals surface area contributed by atoms with E-state index in [1.807, 2.05) is 5.38 Å². The summed E-state index contributed by atoms with van der Waals surface area (Å²) >= 11 is 1.56. The summed E-state index contributed by atoms with van der Waals surface area (Å²) < 4.78 is 2.38. The molecule has 3 aromatic rings. The average molecular weight is 410 g/mol. The molecule has 1 aliphatic carbocycles. The van der Waals surface area contributed by atoms with Crippen molar-refractivity contribution in [2.24, 2.45) is 5.92 Å². The fourth-order valence-corrected chi connectivity index (χ4v) is 4.97. The minimum Gasteiger partial charge on any atom is -0.347 e. The van der Waals surface area contributed by atoms with Crippen molar-refractivity contribution in [3.05, 3.63) is 35.8 Å². The van der Waals surface area contributed by atoms with E-state index in [2.05, 4.69) is 56.0 Å². The number of anilines is 1. The van der Waals surface area contributed by atoms with Crippen molar-refractivity contribution in [3.63, 3.8) is 0 Å². The zero-order valence-electron chi connectivity index (χ0n) is 16.5. The molecule has 2 aliphatic rings. The molecule has 2 amide bonds. The quantitative estimate of drug-likeness (QED) is 0.583. The summed E-state index contributed by atoms with van der Waals surface area (Å²) in [5, 5.41) is 13.3. The van der Waals surface area contributed by atoms with Crippen molar-refractivity contribution in [2.45, 2.75) is 44.7 Å². The number of carbonyl (C=O) groups is 1. The number of hydrogen-bond donors (Lipinski definition) is 3. The van der Waals surface area contributed by atoms with Gasteiger partial charge in [0.05, 0.1) is 0 Å². The third kappa shape index (κ3) is 4.16. The molecule has 2 fully saturated rings. The van der Waals surface area contributed by atoms with Crippen LogP contribution in [0, 0.1) is 5.92 Å². The number of benzene rings is 1. The maximum atomic E-state index is 12.2. The third-order valence-corrected chi connectivity index (χ3v) is 6.97. The first-order valence-corrected chi connectivity index (χ1v) is 11.5. The molecule has 1 saturated carbocycles. The summed E-state index contributed by atoms with van der Waals surface area (Å²) in [4.78, 5) is 16.9. The maximum absolute atomic E-state index is 12.2. The van der Waals surface area contributed by atoms with Gasteiger partial charge in [-0.05, 0) is 62.4 Å². The minimum absolute atomic E-state index is 0.181. The molecule has 1 atom stereocenters. The first-order valence-electron chi connectivity index (χ1n) is 10.6. The van der Waals surface area contributed by atoms with E-state index in [-0.39, 0.29) is 12.1 Å². The second-order valence-corrected chi connectivity index (χ2v) is 9.08. The molecule has 3 heterocycles. The van der Waals surface area contributed by atoms with Crippen LogP contribution in [0.15, 0.2) is 35.8 Å². The Hall–Kier alpha value is -2.38. The second-order valence-electron chi connectivity index (χ2n) is 8.22. The second kappa shape index (κ2) is 8.16. The number of carbonyl (C=O) groups excluding carboxylic acids is 1. The zero-order chi connectivity index (χ0) is 19.6. The molecule has 0 unspecified atom stereocenters. The van der Waals surface area contributed by atoms with E-state index in [4.69, 9.17) is 0 Å². The normalized spacial score (nSPS) is 19.8. The summed E-state index contributed by atoms with van der Waals surface area (Å²) in [6.45, 7) is 2.99. The van der Waals surface area contributed by atoms with Crippen LogP contribution >= 0.6 is 11.3 Å². The number of fused-ring (bicyclic) bond motifs is 1.